The summed E-state index contributed by atoms with van der Waals surface area (Å²) < 4.78 is 54.0. The van der Waals surface area contributed by atoms with Gasteiger partial charge in [-0.25, -0.2) is 4.79 Å². The molecule has 0 aliphatic carbocycles. The molecule has 0 unspecified atom stereocenters. The number of alkyl halides is 3. The SMILES string of the molecule is O=C(COc1ccc2c(C(F)(F)F)cc(=O)oc2c1)NCc1ccco1. The third-order valence-corrected chi connectivity index (χ3v) is 3.43. The van der Waals surface area contributed by atoms with Crippen molar-refractivity contribution in [3.63, 3.8) is 0 Å². The van der Waals surface area contributed by atoms with Crippen molar-refractivity contribution in [2.75, 3.05) is 6.61 Å². The van der Waals surface area contributed by atoms with Gasteiger partial charge in [-0.05, 0) is 24.3 Å². The van der Waals surface area contributed by atoms with Gasteiger partial charge in [0, 0.05) is 17.5 Å². The van der Waals surface area contributed by atoms with Crippen molar-refractivity contribution in [3.8, 4) is 5.75 Å². The minimum atomic E-state index is -4.69. The largest absolute Gasteiger partial charge is 0.484 e. The third-order valence-electron chi connectivity index (χ3n) is 3.43. The molecule has 1 aromatic carbocycles. The Morgan fingerprint density at radius 1 is 1.19 bits per heavy atom. The fraction of sp³-hybridized carbons (Fsp3) is 0.176. The highest BCUT2D eigenvalue weighted by Crippen LogP contribution is 2.34. The van der Waals surface area contributed by atoms with Gasteiger partial charge in [0.1, 0.15) is 17.1 Å². The predicted molar refractivity (Wildman–Crippen MR) is 83.5 cm³/mol. The molecule has 0 aliphatic rings. The molecule has 2 heterocycles. The Kier molecular flexibility index (Phi) is 4.70. The van der Waals surface area contributed by atoms with Crippen LogP contribution < -0.4 is 15.7 Å². The maximum absolute atomic E-state index is 13.0. The van der Waals surface area contributed by atoms with E-state index in [2.05, 4.69) is 5.32 Å². The quantitative estimate of drug-likeness (QED) is 0.701. The van der Waals surface area contributed by atoms with Gasteiger partial charge in [-0.2, -0.15) is 13.2 Å². The summed E-state index contributed by atoms with van der Waals surface area (Å²) >= 11 is 0. The highest BCUT2D eigenvalue weighted by atomic mass is 19.4. The summed E-state index contributed by atoms with van der Waals surface area (Å²) in [5.74, 6) is 0.200. The van der Waals surface area contributed by atoms with E-state index < -0.39 is 23.3 Å². The first-order valence-corrected chi connectivity index (χ1v) is 7.40. The Morgan fingerprint density at radius 2 is 2.00 bits per heavy atom. The van der Waals surface area contributed by atoms with Crippen LogP contribution in [0.25, 0.3) is 11.0 Å². The van der Waals surface area contributed by atoms with E-state index in [1.54, 1.807) is 12.1 Å². The normalized spacial score (nSPS) is 11.5. The lowest BCUT2D eigenvalue weighted by Crippen LogP contribution is -2.28. The summed E-state index contributed by atoms with van der Waals surface area (Å²) in [6.45, 7) is -0.188. The van der Waals surface area contributed by atoms with Gasteiger partial charge in [0.05, 0.1) is 18.4 Å². The van der Waals surface area contributed by atoms with Gasteiger partial charge < -0.3 is 18.9 Å². The maximum atomic E-state index is 13.0. The van der Waals surface area contributed by atoms with E-state index in [-0.39, 0.29) is 29.9 Å². The number of ether oxygens (including phenoxy) is 1. The Balaban J connectivity index is 1.71. The third kappa shape index (κ3) is 4.05. The number of benzene rings is 1. The first kappa shape index (κ1) is 17.6. The van der Waals surface area contributed by atoms with Crippen molar-refractivity contribution < 1.29 is 31.5 Å². The molecule has 9 heteroatoms. The monoisotopic (exact) mass is 367 g/mol. The number of furan rings is 1. The van der Waals surface area contributed by atoms with Crippen molar-refractivity contribution >= 4 is 16.9 Å². The molecular formula is C17H12F3NO5. The zero-order valence-electron chi connectivity index (χ0n) is 13.1. The lowest BCUT2D eigenvalue weighted by Gasteiger charge is -2.10. The molecule has 6 nitrogen and oxygen atoms in total. The molecule has 0 saturated heterocycles. The van der Waals surface area contributed by atoms with Crippen molar-refractivity contribution in [2.24, 2.45) is 0 Å². The molecule has 0 radical (unpaired) electrons. The number of rotatable bonds is 5. The second kappa shape index (κ2) is 6.95. The molecule has 2 aromatic heterocycles. The second-order valence-corrected chi connectivity index (χ2v) is 5.28. The van der Waals surface area contributed by atoms with Gasteiger partial charge >= 0.3 is 11.8 Å². The first-order valence-electron chi connectivity index (χ1n) is 7.40. The van der Waals surface area contributed by atoms with E-state index in [4.69, 9.17) is 13.6 Å². The fourth-order valence-electron chi connectivity index (χ4n) is 2.27. The van der Waals surface area contributed by atoms with Gasteiger partial charge in [0.2, 0.25) is 0 Å². The molecule has 136 valence electrons. The molecule has 0 spiro atoms. The summed E-state index contributed by atoms with van der Waals surface area (Å²) in [6, 6.07) is 7.27. The summed E-state index contributed by atoms with van der Waals surface area (Å²) in [5, 5.41) is 2.28. The molecule has 0 aliphatic heterocycles. The van der Waals surface area contributed by atoms with Crippen LogP contribution in [0.1, 0.15) is 11.3 Å². The van der Waals surface area contributed by atoms with E-state index >= 15 is 0 Å². The lowest BCUT2D eigenvalue weighted by molar-refractivity contribution is -0.136. The molecule has 0 atom stereocenters. The second-order valence-electron chi connectivity index (χ2n) is 5.28. The molecule has 1 amide bonds. The molecule has 3 rings (SSSR count). The van der Waals surface area contributed by atoms with Gasteiger partial charge in [-0.1, -0.05) is 0 Å². The first-order chi connectivity index (χ1) is 12.3. The summed E-state index contributed by atoms with van der Waals surface area (Å²) in [7, 11) is 0. The van der Waals surface area contributed by atoms with Crippen LogP contribution in [0.4, 0.5) is 13.2 Å². The standard InChI is InChI=1S/C17H12F3NO5/c18-17(19,20)13-7-16(23)26-14-6-10(3-4-12(13)14)25-9-15(22)21-8-11-2-1-5-24-11/h1-7H,8-9H2,(H,21,22). The zero-order chi connectivity index (χ0) is 18.7. The van der Waals surface area contributed by atoms with Gasteiger partial charge in [0.25, 0.3) is 5.91 Å². The van der Waals surface area contributed by atoms with Gasteiger partial charge in [-0.15, -0.1) is 0 Å². The molecule has 0 saturated carbocycles. The highest BCUT2D eigenvalue weighted by Gasteiger charge is 2.33. The van der Waals surface area contributed by atoms with Gasteiger partial charge in [0.15, 0.2) is 6.61 Å². The molecule has 1 N–H and O–H groups in total. The van der Waals surface area contributed by atoms with Crippen molar-refractivity contribution in [1.82, 2.24) is 5.32 Å². The summed E-state index contributed by atoms with van der Waals surface area (Å²) in [6.07, 6.45) is -3.22. The minimum Gasteiger partial charge on any atom is -0.484 e. The fourth-order valence-corrected chi connectivity index (χ4v) is 2.27. The van der Waals surface area contributed by atoms with Crippen molar-refractivity contribution in [2.45, 2.75) is 12.7 Å². The predicted octanol–water partition coefficient (Wildman–Crippen LogP) is 3.10. The van der Waals surface area contributed by atoms with Crippen LogP contribution in [-0.4, -0.2) is 12.5 Å². The number of hydrogen-bond donors (Lipinski definition) is 1. The Labute approximate surface area is 144 Å². The summed E-state index contributed by atoms with van der Waals surface area (Å²) in [4.78, 5) is 23.1. The summed E-state index contributed by atoms with van der Waals surface area (Å²) in [5.41, 5.74) is -2.50. The number of halogens is 3. The molecule has 0 bridgehead atoms. The number of carbonyl (C=O) groups is 1. The Morgan fingerprint density at radius 3 is 2.69 bits per heavy atom. The maximum Gasteiger partial charge on any atom is 0.417 e. The van der Waals surface area contributed by atoms with E-state index in [0.29, 0.717) is 11.8 Å². The van der Waals surface area contributed by atoms with Crippen LogP contribution in [0.15, 0.2) is 56.3 Å². The minimum absolute atomic E-state index is 0.0909. The van der Waals surface area contributed by atoms with E-state index in [1.807, 2.05) is 0 Å². The average Bonchev–Trinajstić information content (AvgIpc) is 3.09. The Hall–Kier alpha value is -3.23. The van der Waals surface area contributed by atoms with Crippen molar-refractivity contribution in [3.05, 3.63) is 64.4 Å². The van der Waals surface area contributed by atoms with E-state index in [0.717, 1.165) is 12.1 Å². The van der Waals surface area contributed by atoms with Crippen molar-refractivity contribution in [1.29, 1.82) is 0 Å². The van der Waals surface area contributed by atoms with Crippen LogP contribution in [-0.2, 0) is 17.5 Å². The van der Waals surface area contributed by atoms with Crippen LogP contribution in [0.5, 0.6) is 5.75 Å². The van der Waals surface area contributed by atoms with Crippen LogP contribution in [0.3, 0.4) is 0 Å². The molecule has 0 fully saturated rings. The number of fused-ring (bicyclic) bond motifs is 1. The highest BCUT2D eigenvalue weighted by molar-refractivity contribution is 5.82. The lowest BCUT2D eigenvalue weighted by atomic mass is 10.1. The molecule has 3 aromatic rings. The molecule has 26 heavy (non-hydrogen) atoms. The topological polar surface area (TPSA) is 81.7 Å². The Bertz CT molecular complexity index is 976. The van der Waals surface area contributed by atoms with Crippen LogP contribution >= 0.6 is 0 Å². The zero-order valence-corrected chi connectivity index (χ0v) is 13.1. The van der Waals surface area contributed by atoms with E-state index in [1.165, 1.54) is 12.3 Å². The van der Waals surface area contributed by atoms with Gasteiger partial charge in [-0.3, -0.25) is 4.79 Å². The average molecular weight is 367 g/mol. The number of carbonyl (C=O) groups excluding carboxylic acids is 1. The number of nitrogens with one attached hydrogen (secondary N) is 1. The van der Waals surface area contributed by atoms with Crippen LogP contribution in [0.2, 0.25) is 0 Å². The smallest absolute Gasteiger partial charge is 0.417 e. The number of amides is 1. The van der Waals surface area contributed by atoms with Crippen LogP contribution in [0, 0.1) is 0 Å². The van der Waals surface area contributed by atoms with E-state index in [9.17, 15) is 22.8 Å². The molecular weight excluding hydrogens is 355 g/mol. The number of hydrogen-bond acceptors (Lipinski definition) is 5.